The molecule has 1 amide bonds. The van der Waals surface area contributed by atoms with E-state index in [2.05, 4.69) is 14.8 Å². The van der Waals surface area contributed by atoms with Gasteiger partial charge in [-0.05, 0) is 36.8 Å². The van der Waals surface area contributed by atoms with Crippen LogP contribution < -0.4 is 5.32 Å². The number of rotatable bonds is 7. The Morgan fingerprint density at radius 1 is 0.931 bits per heavy atom. The number of nitrogens with one attached hydrogen (secondary N) is 1. The summed E-state index contributed by atoms with van der Waals surface area (Å²) in [5.41, 5.74) is 0.125. The van der Waals surface area contributed by atoms with Crippen LogP contribution in [0.1, 0.15) is 44.4 Å². The topological polar surface area (TPSA) is 116 Å². The molecule has 0 aliphatic heterocycles. The van der Waals surface area contributed by atoms with Crippen molar-refractivity contribution >= 4 is 33.4 Å². The summed E-state index contributed by atoms with van der Waals surface area (Å²) < 4.78 is 34.3. The van der Waals surface area contributed by atoms with E-state index in [4.69, 9.17) is 0 Å². The lowest BCUT2D eigenvalue weighted by molar-refractivity contribution is 0.0599. The molecule has 0 saturated carbocycles. The molecule has 0 radical (unpaired) electrons. The van der Waals surface area contributed by atoms with Crippen LogP contribution in [0.25, 0.3) is 0 Å². The van der Waals surface area contributed by atoms with Crippen LogP contribution in [-0.4, -0.2) is 46.2 Å². The van der Waals surface area contributed by atoms with Gasteiger partial charge in [0.25, 0.3) is 5.91 Å². The summed E-state index contributed by atoms with van der Waals surface area (Å²) in [5, 5.41) is 2.53. The Bertz CT molecular complexity index is 1010. The first kappa shape index (κ1) is 22.1. The molecule has 9 heteroatoms. The van der Waals surface area contributed by atoms with Crippen molar-refractivity contribution in [3.05, 3.63) is 59.2 Å². The number of amides is 1. The van der Waals surface area contributed by atoms with E-state index < -0.39 is 27.7 Å². The smallest absolute Gasteiger partial charge is 0.337 e. The lowest BCUT2D eigenvalue weighted by Crippen LogP contribution is -2.18. The minimum atomic E-state index is -3.64. The molecular formula is C20H21NO7S. The molecule has 29 heavy (non-hydrogen) atoms. The van der Waals surface area contributed by atoms with E-state index in [0.717, 1.165) is 0 Å². The molecule has 0 aliphatic carbocycles. The Labute approximate surface area is 168 Å². The zero-order valence-corrected chi connectivity index (χ0v) is 17.0. The van der Waals surface area contributed by atoms with Crippen LogP contribution in [0.4, 0.5) is 5.69 Å². The van der Waals surface area contributed by atoms with Gasteiger partial charge in [-0.3, -0.25) is 4.79 Å². The first-order valence-corrected chi connectivity index (χ1v) is 10.3. The third-order valence-corrected chi connectivity index (χ3v) is 5.94. The van der Waals surface area contributed by atoms with Crippen molar-refractivity contribution in [1.82, 2.24) is 0 Å². The highest BCUT2D eigenvalue weighted by molar-refractivity contribution is 7.91. The Kier molecular flexibility index (Phi) is 7.11. The Morgan fingerprint density at radius 3 is 2.00 bits per heavy atom. The first-order valence-electron chi connectivity index (χ1n) is 8.68. The molecule has 0 bridgehead atoms. The normalized spacial score (nSPS) is 10.9. The number of ether oxygens (including phenoxy) is 2. The number of esters is 2. The Morgan fingerprint density at radius 2 is 1.48 bits per heavy atom. The molecule has 0 aliphatic rings. The number of carbonyl (C=O) groups is 3. The van der Waals surface area contributed by atoms with E-state index in [1.54, 1.807) is 13.0 Å². The second kappa shape index (κ2) is 9.33. The maximum atomic E-state index is 12.8. The second-order valence-electron chi connectivity index (χ2n) is 6.05. The van der Waals surface area contributed by atoms with Gasteiger partial charge in [-0.25, -0.2) is 18.0 Å². The van der Waals surface area contributed by atoms with Gasteiger partial charge >= 0.3 is 11.9 Å². The fourth-order valence-corrected chi connectivity index (χ4v) is 4.21. The average Bonchev–Trinajstić information content (AvgIpc) is 2.72. The monoisotopic (exact) mass is 419 g/mol. The molecular weight excluding hydrogens is 398 g/mol. The van der Waals surface area contributed by atoms with Crippen molar-refractivity contribution in [3.8, 4) is 0 Å². The fraction of sp³-hybridized carbons (Fsp3) is 0.250. The first-order chi connectivity index (χ1) is 13.7. The van der Waals surface area contributed by atoms with Crippen LogP contribution >= 0.6 is 0 Å². The average molecular weight is 419 g/mol. The van der Waals surface area contributed by atoms with E-state index in [1.807, 2.05) is 0 Å². The molecule has 0 atom stereocenters. The van der Waals surface area contributed by atoms with Crippen molar-refractivity contribution in [2.45, 2.75) is 18.2 Å². The molecule has 0 spiro atoms. The van der Waals surface area contributed by atoms with Crippen LogP contribution in [0.3, 0.4) is 0 Å². The van der Waals surface area contributed by atoms with Gasteiger partial charge in [-0.2, -0.15) is 0 Å². The van der Waals surface area contributed by atoms with E-state index in [1.165, 1.54) is 50.6 Å². The SMILES string of the molecule is CCCS(=O)(=O)c1ccccc1C(=O)Nc1cc(C(=O)OC)cc(C(=O)OC)c1. The van der Waals surface area contributed by atoms with Crippen molar-refractivity contribution in [3.63, 3.8) is 0 Å². The van der Waals surface area contributed by atoms with Crippen molar-refractivity contribution in [1.29, 1.82) is 0 Å². The molecule has 2 rings (SSSR count). The maximum absolute atomic E-state index is 12.8. The number of hydrogen-bond donors (Lipinski definition) is 1. The van der Waals surface area contributed by atoms with E-state index in [-0.39, 0.29) is 33.0 Å². The molecule has 0 unspecified atom stereocenters. The van der Waals surface area contributed by atoms with E-state index in [9.17, 15) is 22.8 Å². The van der Waals surface area contributed by atoms with Gasteiger partial charge in [0.15, 0.2) is 9.84 Å². The molecule has 8 nitrogen and oxygen atoms in total. The number of benzene rings is 2. The van der Waals surface area contributed by atoms with E-state index in [0.29, 0.717) is 6.42 Å². The summed E-state index contributed by atoms with van der Waals surface area (Å²) in [7, 11) is -1.28. The summed E-state index contributed by atoms with van der Waals surface area (Å²) >= 11 is 0. The molecule has 0 heterocycles. The number of anilines is 1. The van der Waals surface area contributed by atoms with Gasteiger partial charge in [-0.1, -0.05) is 19.1 Å². The lowest BCUT2D eigenvalue weighted by Gasteiger charge is -2.12. The minimum absolute atomic E-state index is 0.0255. The summed E-state index contributed by atoms with van der Waals surface area (Å²) in [4.78, 5) is 36.4. The fourth-order valence-electron chi connectivity index (χ4n) is 2.67. The third kappa shape index (κ3) is 5.20. The quantitative estimate of drug-likeness (QED) is 0.686. The number of hydrogen-bond acceptors (Lipinski definition) is 7. The van der Waals surface area contributed by atoms with Crippen LogP contribution in [0.5, 0.6) is 0 Å². The van der Waals surface area contributed by atoms with Crippen molar-refractivity contribution < 1.29 is 32.3 Å². The standard InChI is InChI=1S/C20H21NO7S/c1-4-9-29(25,26)17-8-6-5-7-16(17)18(22)21-15-11-13(19(23)27-2)10-14(12-15)20(24)28-3/h5-8,10-12H,4,9H2,1-3H3,(H,21,22). The predicted octanol–water partition coefficient (Wildman–Crippen LogP) is 2.70. The molecule has 0 fully saturated rings. The zero-order valence-electron chi connectivity index (χ0n) is 16.2. The molecule has 2 aromatic carbocycles. The highest BCUT2D eigenvalue weighted by Gasteiger charge is 2.22. The number of methoxy groups -OCH3 is 2. The largest absolute Gasteiger partial charge is 0.465 e. The Hall–Kier alpha value is -3.20. The maximum Gasteiger partial charge on any atom is 0.337 e. The van der Waals surface area contributed by atoms with Gasteiger partial charge < -0.3 is 14.8 Å². The van der Waals surface area contributed by atoms with Crippen molar-refractivity contribution in [2.24, 2.45) is 0 Å². The third-order valence-electron chi connectivity index (χ3n) is 3.97. The molecule has 1 N–H and O–H groups in total. The summed E-state index contributed by atoms with van der Waals surface area (Å²) in [6.07, 6.45) is 0.405. The number of sulfone groups is 1. The highest BCUT2D eigenvalue weighted by Crippen LogP contribution is 2.21. The van der Waals surface area contributed by atoms with E-state index >= 15 is 0 Å². The van der Waals surface area contributed by atoms with Crippen LogP contribution in [-0.2, 0) is 19.3 Å². The van der Waals surface area contributed by atoms with Crippen LogP contribution in [0.15, 0.2) is 47.4 Å². The summed E-state index contributed by atoms with van der Waals surface area (Å²) in [6, 6.07) is 9.75. The van der Waals surface area contributed by atoms with Crippen molar-refractivity contribution in [2.75, 3.05) is 25.3 Å². The van der Waals surface area contributed by atoms with Gasteiger partial charge in [0.05, 0.1) is 41.6 Å². The second-order valence-corrected chi connectivity index (χ2v) is 8.13. The predicted molar refractivity (Wildman–Crippen MR) is 106 cm³/mol. The van der Waals surface area contributed by atoms with Gasteiger partial charge in [0.1, 0.15) is 0 Å². The molecule has 154 valence electrons. The summed E-state index contributed by atoms with van der Waals surface area (Å²) in [5.74, 6) is -2.21. The summed E-state index contributed by atoms with van der Waals surface area (Å²) in [6.45, 7) is 1.73. The van der Waals surface area contributed by atoms with Gasteiger partial charge in [0.2, 0.25) is 0 Å². The highest BCUT2D eigenvalue weighted by atomic mass is 32.2. The molecule has 0 aromatic heterocycles. The minimum Gasteiger partial charge on any atom is -0.465 e. The molecule has 2 aromatic rings. The Balaban J connectivity index is 2.46. The lowest BCUT2D eigenvalue weighted by atomic mass is 10.1. The van der Waals surface area contributed by atoms with Gasteiger partial charge in [-0.15, -0.1) is 0 Å². The van der Waals surface area contributed by atoms with Crippen LogP contribution in [0.2, 0.25) is 0 Å². The zero-order chi connectivity index (χ0) is 21.6. The molecule has 0 saturated heterocycles. The number of carbonyl (C=O) groups excluding carboxylic acids is 3. The van der Waals surface area contributed by atoms with Crippen LogP contribution in [0, 0.1) is 0 Å². The van der Waals surface area contributed by atoms with Gasteiger partial charge in [0, 0.05) is 5.69 Å².